The molecule has 1 aliphatic carbocycles. The van der Waals surface area contributed by atoms with Crippen LogP contribution in [0, 0.1) is 6.92 Å². The van der Waals surface area contributed by atoms with Crippen LogP contribution in [0.1, 0.15) is 30.0 Å². The summed E-state index contributed by atoms with van der Waals surface area (Å²) in [5.74, 6) is 0.578. The fourth-order valence-corrected chi connectivity index (χ4v) is 3.54. The number of aromatic nitrogens is 4. The first kappa shape index (κ1) is 14.7. The molecule has 1 saturated carbocycles. The van der Waals surface area contributed by atoms with E-state index in [1.54, 1.807) is 6.07 Å². The minimum Gasteiger partial charge on any atom is -0.423 e. The third kappa shape index (κ3) is 2.86. The van der Waals surface area contributed by atoms with Crippen LogP contribution in [0.25, 0.3) is 11.0 Å². The standard InChI is InChI=1S/C15H13ClN4O2S/c1-8-4-13-11(6-12(8)16)9(5-14(21)22-13)7-23-15-17-18-19-20(15)10-2-3-10/h4-6,10H,2-3,7H2,1H3. The fourth-order valence-electron chi connectivity index (χ4n) is 2.44. The molecule has 2 heterocycles. The molecule has 118 valence electrons. The largest absolute Gasteiger partial charge is 0.423 e. The van der Waals surface area contributed by atoms with Crippen molar-refractivity contribution in [3.05, 3.63) is 44.8 Å². The number of nitrogens with zero attached hydrogens (tertiary/aromatic N) is 4. The van der Waals surface area contributed by atoms with Gasteiger partial charge in [0.25, 0.3) is 0 Å². The zero-order valence-corrected chi connectivity index (χ0v) is 13.9. The van der Waals surface area contributed by atoms with Crippen molar-refractivity contribution in [2.24, 2.45) is 0 Å². The van der Waals surface area contributed by atoms with E-state index in [1.165, 1.54) is 17.8 Å². The van der Waals surface area contributed by atoms with E-state index in [2.05, 4.69) is 15.5 Å². The summed E-state index contributed by atoms with van der Waals surface area (Å²) >= 11 is 7.72. The second-order valence-electron chi connectivity index (χ2n) is 5.61. The lowest BCUT2D eigenvalue weighted by molar-refractivity contribution is 0.559. The highest BCUT2D eigenvalue weighted by Gasteiger charge is 2.27. The predicted molar refractivity (Wildman–Crippen MR) is 87.9 cm³/mol. The van der Waals surface area contributed by atoms with Gasteiger partial charge in [0.05, 0.1) is 6.04 Å². The molecule has 8 heteroatoms. The van der Waals surface area contributed by atoms with E-state index in [4.69, 9.17) is 16.0 Å². The van der Waals surface area contributed by atoms with Crippen LogP contribution in [0.5, 0.6) is 0 Å². The molecule has 6 nitrogen and oxygen atoms in total. The van der Waals surface area contributed by atoms with Gasteiger partial charge >= 0.3 is 5.63 Å². The topological polar surface area (TPSA) is 73.8 Å². The Labute approximate surface area is 140 Å². The molecule has 0 atom stereocenters. The number of benzene rings is 1. The summed E-state index contributed by atoms with van der Waals surface area (Å²) in [5, 5.41) is 14.1. The number of fused-ring (bicyclic) bond motifs is 1. The predicted octanol–water partition coefficient (Wildman–Crippen LogP) is 3.37. The highest BCUT2D eigenvalue weighted by Crippen LogP contribution is 2.37. The molecule has 1 aromatic carbocycles. The number of rotatable bonds is 4. The van der Waals surface area contributed by atoms with E-state index in [9.17, 15) is 4.79 Å². The van der Waals surface area contributed by atoms with Gasteiger partial charge in [0, 0.05) is 22.2 Å². The minimum absolute atomic E-state index is 0.364. The van der Waals surface area contributed by atoms with Gasteiger partial charge in [-0.15, -0.1) is 5.10 Å². The Balaban J connectivity index is 1.69. The Morgan fingerprint density at radius 3 is 3.00 bits per heavy atom. The van der Waals surface area contributed by atoms with Crippen molar-refractivity contribution in [2.45, 2.75) is 36.7 Å². The molecule has 23 heavy (non-hydrogen) atoms. The first-order valence-corrected chi connectivity index (χ1v) is 8.62. The first-order valence-electron chi connectivity index (χ1n) is 7.25. The summed E-state index contributed by atoms with van der Waals surface area (Å²) in [5.41, 5.74) is 1.94. The number of aryl methyl sites for hydroxylation is 1. The van der Waals surface area contributed by atoms with Gasteiger partial charge in [-0.1, -0.05) is 23.4 Å². The van der Waals surface area contributed by atoms with E-state index in [0.717, 1.165) is 34.5 Å². The third-order valence-corrected chi connectivity index (χ3v) is 5.21. The van der Waals surface area contributed by atoms with Gasteiger partial charge in [0.1, 0.15) is 5.58 Å². The molecule has 1 fully saturated rings. The molecule has 1 aliphatic rings. The van der Waals surface area contributed by atoms with Gasteiger partial charge in [0.2, 0.25) is 5.16 Å². The van der Waals surface area contributed by atoms with Gasteiger partial charge in [-0.25, -0.2) is 9.48 Å². The number of tetrazole rings is 1. The van der Waals surface area contributed by atoms with Crippen LogP contribution in [0.2, 0.25) is 5.02 Å². The van der Waals surface area contributed by atoms with E-state index in [1.807, 2.05) is 17.7 Å². The van der Waals surface area contributed by atoms with Crippen LogP contribution in [-0.2, 0) is 5.75 Å². The molecule has 0 bridgehead atoms. The molecule has 3 aromatic rings. The Morgan fingerprint density at radius 2 is 2.22 bits per heavy atom. The summed E-state index contributed by atoms with van der Waals surface area (Å²) in [4.78, 5) is 11.8. The SMILES string of the molecule is Cc1cc2oc(=O)cc(CSc3nnnn3C3CC3)c2cc1Cl. The molecule has 0 spiro atoms. The first-order chi connectivity index (χ1) is 11.1. The smallest absolute Gasteiger partial charge is 0.336 e. The lowest BCUT2D eigenvalue weighted by atomic mass is 10.1. The summed E-state index contributed by atoms with van der Waals surface area (Å²) in [7, 11) is 0. The van der Waals surface area contributed by atoms with Gasteiger partial charge in [0.15, 0.2) is 0 Å². The molecule has 0 amide bonds. The van der Waals surface area contributed by atoms with Crippen molar-refractivity contribution in [3.8, 4) is 0 Å². The van der Waals surface area contributed by atoms with Crippen LogP contribution in [-0.4, -0.2) is 20.2 Å². The number of hydrogen-bond acceptors (Lipinski definition) is 6. The third-order valence-electron chi connectivity index (χ3n) is 3.82. The van der Waals surface area contributed by atoms with Crippen LogP contribution in [0.3, 0.4) is 0 Å². The molecule has 0 radical (unpaired) electrons. The number of halogens is 1. The molecule has 2 aromatic heterocycles. The van der Waals surface area contributed by atoms with Crippen LogP contribution >= 0.6 is 23.4 Å². The Hall–Kier alpha value is -1.86. The molecule has 0 N–H and O–H groups in total. The highest BCUT2D eigenvalue weighted by molar-refractivity contribution is 7.98. The van der Waals surface area contributed by atoms with Crippen molar-refractivity contribution in [1.82, 2.24) is 20.2 Å². The Morgan fingerprint density at radius 1 is 1.39 bits per heavy atom. The van der Waals surface area contributed by atoms with Crippen molar-refractivity contribution in [3.63, 3.8) is 0 Å². The van der Waals surface area contributed by atoms with Crippen molar-refractivity contribution >= 4 is 34.3 Å². The van der Waals surface area contributed by atoms with E-state index in [0.29, 0.717) is 22.4 Å². The lowest BCUT2D eigenvalue weighted by Crippen LogP contribution is -2.02. The zero-order valence-electron chi connectivity index (χ0n) is 12.3. The summed E-state index contributed by atoms with van der Waals surface area (Å²) in [6.07, 6.45) is 2.23. The molecule has 0 aliphatic heterocycles. The molecular weight excluding hydrogens is 336 g/mol. The molecule has 0 saturated heterocycles. The van der Waals surface area contributed by atoms with E-state index in [-0.39, 0.29) is 5.63 Å². The maximum Gasteiger partial charge on any atom is 0.336 e. The quantitative estimate of drug-likeness (QED) is 0.531. The van der Waals surface area contributed by atoms with Crippen LogP contribution in [0.15, 0.2) is 32.6 Å². The number of hydrogen-bond donors (Lipinski definition) is 0. The Kier molecular flexibility index (Phi) is 3.61. The lowest BCUT2D eigenvalue weighted by Gasteiger charge is -2.07. The molecule has 4 rings (SSSR count). The van der Waals surface area contributed by atoms with Crippen molar-refractivity contribution < 1.29 is 4.42 Å². The fraction of sp³-hybridized carbons (Fsp3) is 0.333. The van der Waals surface area contributed by atoms with Crippen LogP contribution in [0.4, 0.5) is 0 Å². The van der Waals surface area contributed by atoms with Gasteiger partial charge in [-0.2, -0.15) is 0 Å². The summed E-state index contributed by atoms with van der Waals surface area (Å²) in [6, 6.07) is 5.56. The van der Waals surface area contributed by atoms with E-state index >= 15 is 0 Å². The van der Waals surface area contributed by atoms with Gasteiger partial charge < -0.3 is 4.42 Å². The number of thioether (sulfide) groups is 1. The second-order valence-corrected chi connectivity index (χ2v) is 6.96. The van der Waals surface area contributed by atoms with E-state index < -0.39 is 0 Å². The molecule has 0 unspecified atom stereocenters. The van der Waals surface area contributed by atoms with Gasteiger partial charge in [-0.05, 0) is 53.5 Å². The monoisotopic (exact) mass is 348 g/mol. The minimum atomic E-state index is -0.364. The highest BCUT2D eigenvalue weighted by atomic mass is 35.5. The van der Waals surface area contributed by atoms with Crippen molar-refractivity contribution in [2.75, 3.05) is 0 Å². The normalized spacial score (nSPS) is 14.5. The second kappa shape index (κ2) is 5.65. The zero-order chi connectivity index (χ0) is 16.0. The molecular formula is C15H13ClN4O2S. The maximum atomic E-state index is 11.8. The average Bonchev–Trinajstić information content (AvgIpc) is 3.25. The maximum absolute atomic E-state index is 11.8. The summed E-state index contributed by atoms with van der Waals surface area (Å²) < 4.78 is 7.13. The summed E-state index contributed by atoms with van der Waals surface area (Å²) in [6.45, 7) is 1.88. The van der Waals surface area contributed by atoms with Crippen molar-refractivity contribution in [1.29, 1.82) is 0 Å². The van der Waals surface area contributed by atoms with Crippen LogP contribution < -0.4 is 5.63 Å². The Bertz CT molecular complexity index is 948. The van der Waals surface area contributed by atoms with Gasteiger partial charge in [-0.3, -0.25) is 0 Å². The average molecular weight is 349 g/mol.